The monoisotopic (exact) mass is 460 g/mol. The SMILES string of the molecule is CC(C)(C)[S+]([O-])NCc1ccc(-c2ccccc2)c(Cl)c1Sc1ncccc1CO. The van der Waals surface area contributed by atoms with Gasteiger partial charge in [0.05, 0.1) is 18.2 Å². The standard InChI is InChI=1S/C23H25ClN2O2S2/c1-23(2,3)30(28)26-14-17-11-12-19(16-8-5-4-6-9-16)20(24)21(17)29-22-18(15-27)10-7-13-25-22/h4-13,26-27H,14-15H2,1-3H3. The maximum atomic E-state index is 12.5. The van der Waals surface area contributed by atoms with Gasteiger partial charge in [0.1, 0.15) is 9.77 Å². The summed E-state index contributed by atoms with van der Waals surface area (Å²) in [5, 5.41) is 11.0. The van der Waals surface area contributed by atoms with Crippen LogP contribution in [0.4, 0.5) is 0 Å². The van der Waals surface area contributed by atoms with E-state index in [9.17, 15) is 9.66 Å². The molecule has 3 rings (SSSR count). The summed E-state index contributed by atoms with van der Waals surface area (Å²) in [7, 11) is 0. The van der Waals surface area contributed by atoms with E-state index in [2.05, 4.69) is 9.71 Å². The number of aliphatic hydroxyl groups is 1. The molecule has 0 aliphatic rings. The topological polar surface area (TPSA) is 68.2 Å². The van der Waals surface area contributed by atoms with E-state index in [0.29, 0.717) is 16.6 Å². The smallest absolute Gasteiger partial charge is 0.136 e. The minimum Gasteiger partial charge on any atom is -0.598 e. The maximum absolute atomic E-state index is 12.5. The second-order valence-electron chi connectivity index (χ2n) is 7.71. The fourth-order valence-electron chi connectivity index (χ4n) is 2.78. The van der Waals surface area contributed by atoms with Gasteiger partial charge in [0.15, 0.2) is 0 Å². The molecule has 0 amide bonds. The van der Waals surface area contributed by atoms with E-state index in [-0.39, 0.29) is 11.4 Å². The van der Waals surface area contributed by atoms with Crippen molar-refractivity contribution in [2.24, 2.45) is 0 Å². The Morgan fingerprint density at radius 3 is 2.47 bits per heavy atom. The number of aliphatic hydroxyl groups excluding tert-OH is 1. The van der Waals surface area contributed by atoms with Crippen LogP contribution >= 0.6 is 23.4 Å². The van der Waals surface area contributed by atoms with E-state index in [1.165, 1.54) is 11.8 Å². The molecular formula is C23H25ClN2O2S2. The van der Waals surface area contributed by atoms with Crippen molar-refractivity contribution in [3.63, 3.8) is 0 Å². The van der Waals surface area contributed by atoms with Crippen LogP contribution in [0.2, 0.25) is 5.02 Å². The van der Waals surface area contributed by atoms with E-state index in [0.717, 1.165) is 27.1 Å². The second kappa shape index (κ2) is 10.2. The number of rotatable bonds is 7. The Labute approximate surface area is 190 Å². The molecule has 0 spiro atoms. The number of benzene rings is 2. The van der Waals surface area contributed by atoms with Gasteiger partial charge in [-0.25, -0.2) is 4.98 Å². The molecule has 1 unspecified atom stereocenters. The van der Waals surface area contributed by atoms with E-state index in [1.807, 2.05) is 69.3 Å². The van der Waals surface area contributed by atoms with Crippen molar-refractivity contribution in [1.82, 2.24) is 9.71 Å². The zero-order chi connectivity index (χ0) is 21.7. The minimum absolute atomic E-state index is 0.103. The van der Waals surface area contributed by atoms with Gasteiger partial charge in [-0.15, -0.1) is 4.72 Å². The predicted molar refractivity (Wildman–Crippen MR) is 126 cm³/mol. The van der Waals surface area contributed by atoms with Crippen molar-refractivity contribution >= 4 is 34.7 Å². The molecule has 2 N–H and O–H groups in total. The summed E-state index contributed by atoms with van der Waals surface area (Å²) >= 11 is 7.10. The van der Waals surface area contributed by atoms with Crippen LogP contribution < -0.4 is 4.72 Å². The largest absolute Gasteiger partial charge is 0.598 e. The van der Waals surface area contributed by atoms with Gasteiger partial charge in [-0.2, -0.15) is 0 Å². The molecule has 4 nitrogen and oxygen atoms in total. The molecular weight excluding hydrogens is 436 g/mol. The van der Waals surface area contributed by atoms with Crippen LogP contribution in [0.3, 0.4) is 0 Å². The summed E-state index contributed by atoms with van der Waals surface area (Å²) in [5.41, 5.74) is 3.60. The molecule has 1 heterocycles. The van der Waals surface area contributed by atoms with Crippen LogP contribution in [0, 0.1) is 0 Å². The third-order valence-corrected chi connectivity index (χ3v) is 7.69. The lowest BCUT2D eigenvalue weighted by molar-refractivity contribution is 0.278. The molecule has 2 aromatic carbocycles. The molecule has 1 aromatic heterocycles. The summed E-state index contributed by atoms with van der Waals surface area (Å²) < 4.78 is 15.2. The highest BCUT2D eigenvalue weighted by molar-refractivity contribution is 7.99. The van der Waals surface area contributed by atoms with Gasteiger partial charge in [0.2, 0.25) is 0 Å². The average molecular weight is 461 g/mol. The van der Waals surface area contributed by atoms with Crippen molar-refractivity contribution in [2.45, 2.75) is 48.6 Å². The van der Waals surface area contributed by atoms with Crippen molar-refractivity contribution in [3.05, 3.63) is 76.9 Å². The van der Waals surface area contributed by atoms with Crippen LogP contribution in [0.1, 0.15) is 31.9 Å². The highest BCUT2D eigenvalue weighted by Crippen LogP contribution is 2.42. The van der Waals surface area contributed by atoms with E-state index in [4.69, 9.17) is 11.6 Å². The quantitative estimate of drug-likeness (QED) is 0.449. The minimum atomic E-state index is -1.20. The Morgan fingerprint density at radius 1 is 1.07 bits per heavy atom. The molecule has 158 valence electrons. The molecule has 30 heavy (non-hydrogen) atoms. The summed E-state index contributed by atoms with van der Waals surface area (Å²) in [5.74, 6) is 0. The van der Waals surface area contributed by atoms with Gasteiger partial charge in [-0.05, 0) is 38.0 Å². The molecule has 0 saturated heterocycles. The summed E-state index contributed by atoms with van der Waals surface area (Å²) in [6, 6.07) is 17.6. The molecule has 0 radical (unpaired) electrons. The van der Waals surface area contributed by atoms with Gasteiger partial charge < -0.3 is 9.66 Å². The number of nitrogens with one attached hydrogen (secondary N) is 1. The molecule has 7 heteroatoms. The lowest BCUT2D eigenvalue weighted by atomic mass is 10.0. The number of halogens is 1. The Hall–Kier alpha value is -1.54. The molecule has 3 aromatic rings. The van der Waals surface area contributed by atoms with Crippen LogP contribution in [0.15, 0.2) is 70.7 Å². The average Bonchev–Trinajstić information content (AvgIpc) is 2.74. The van der Waals surface area contributed by atoms with Crippen molar-refractivity contribution in [2.75, 3.05) is 0 Å². The van der Waals surface area contributed by atoms with E-state index in [1.54, 1.807) is 12.3 Å². The van der Waals surface area contributed by atoms with Crippen LogP contribution in [0.25, 0.3) is 11.1 Å². The summed E-state index contributed by atoms with van der Waals surface area (Å²) in [4.78, 5) is 5.27. The first-order valence-electron chi connectivity index (χ1n) is 9.56. The van der Waals surface area contributed by atoms with Crippen molar-refractivity contribution in [3.8, 4) is 11.1 Å². The van der Waals surface area contributed by atoms with Crippen molar-refractivity contribution < 1.29 is 9.66 Å². The number of hydrogen-bond donors (Lipinski definition) is 2. The fourth-order valence-corrected chi connectivity index (χ4v) is 4.95. The molecule has 0 bridgehead atoms. The third-order valence-electron chi connectivity index (χ3n) is 4.43. The number of aromatic nitrogens is 1. The van der Waals surface area contributed by atoms with Gasteiger partial charge in [-0.3, -0.25) is 0 Å². The van der Waals surface area contributed by atoms with Gasteiger partial charge in [0, 0.05) is 33.6 Å². The number of nitrogens with zero attached hydrogens (tertiary/aromatic N) is 1. The van der Waals surface area contributed by atoms with E-state index < -0.39 is 11.4 Å². The zero-order valence-electron chi connectivity index (χ0n) is 17.2. The molecule has 1 atom stereocenters. The van der Waals surface area contributed by atoms with Crippen LogP contribution in [-0.4, -0.2) is 19.4 Å². The van der Waals surface area contributed by atoms with Crippen LogP contribution in [0.5, 0.6) is 0 Å². The highest BCUT2D eigenvalue weighted by atomic mass is 35.5. The van der Waals surface area contributed by atoms with Gasteiger partial charge in [-0.1, -0.05) is 71.9 Å². The first kappa shape index (κ1) is 23.1. The highest BCUT2D eigenvalue weighted by Gasteiger charge is 2.27. The Kier molecular flexibility index (Phi) is 7.85. The Balaban J connectivity index is 2.02. The number of pyridine rings is 1. The molecule has 0 aliphatic carbocycles. The second-order valence-corrected chi connectivity index (χ2v) is 11.1. The maximum Gasteiger partial charge on any atom is 0.136 e. The van der Waals surface area contributed by atoms with Crippen LogP contribution in [-0.2, 0) is 24.5 Å². The first-order chi connectivity index (χ1) is 14.3. The van der Waals surface area contributed by atoms with Gasteiger partial charge >= 0.3 is 0 Å². The summed E-state index contributed by atoms with van der Waals surface area (Å²) in [6.07, 6.45) is 1.70. The lowest BCUT2D eigenvalue weighted by Gasteiger charge is -2.24. The zero-order valence-corrected chi connectivity index (χ0v) is 19.6. The normalized spacial score (nSPS) is 12.7. The first-order valence-corrected chi connectivity index (χ1v) is 11.9. The summed E-state index contributed by atoms with van der Waals surface area (Å²) in [6.45, 7) is 6.09. The lowest BCUT2D eigenvalue weighted by Crippen LogP contribution is -2.39. The molecule has 0 aliphatic heterocycles. The molecule has 0 fully saturated rings. The van der Waals surface area contributed by atoms with Crippen molar-refractivity contribution in [1.29, 1.82) is 0 Å². The number of hydrogen-bond acceptors (Lipinski definition) is 5. The third kappa shape index (κ3) is 5.58. The predicted octanol–water partition coefficient (Wildman–Crippen LogP) is 5.60. The molecule has 0 saturated carbocycles. The fraction of sp³-hybridized carbons (Fsp3) is 0.261. The Bertz CT molecular complexity index is 994. The van der Waals surface area contributed by atoms with E-state index >= 15 is 0 Å². The Morgan fingerprint density at radius 2 is 1.80 bits per heavy atom. The van der Waals surface area contributed by atoms with Gasteiger partial charge in [0.25, 0.3) is 0 Å².